The quantitative estimate of drug-likeness (QED) is 0.670. The van der Waals surface area contributed by atoms with E-state index < -0.39 is 16.9 Å². The summed E-state index contributed by atoms with van der Waals surface area (Å²) in [5, 5.41) is 0. The molecule has 0 N–H and O–H groups in total. The van der Waals surface area contributed by atoms with Gasteiger partial charge in [-0.15, -0.1) is 4.65 Å². The van der Waals surface area contributed by atoms with Gasteiger partial charge in [-0.2, -0.15) is 13.2 Å². The van der Waals surface area contributed by atoms with Crippen LogP contribution in [-0.2, 0) is 4.84 Å². The molecule has 0 saturated heterocycles. The zero-order valence-corrected chi connectivity index (χ0v) is 9.88. The molecule has 16 heavy (non-hydrogen) atoms. The smallest absolute Gasteiger partial charge is 0.201 e. The van der Waals surface area contributed by atoms with E-state index in [4.69, 9.17) is 4.84 Å². The molecule has 2 unspecified atom stereocenters. The number of nitrogens with zero attached hydrogens (tertiary/aromatic N) is 1. The van der Waals surface area contributed by atoms with Gasteiger partial charge in [-0.25, -0.2) is 4.84 Å². The molecule has 0 radical (unpaired) electrons. The van der Waals surface area contributed by atoms with Crippen molar-refractivity contribution in [1.82, 2.24) is 0 Å². The van der Waals surface area contributed by atoms with Crippen LogP contribution in [0.5, 0.6) is 0 Å². The summed E-state index contributed by atoms with van der Waals surface area (Å²) in [4.78, 5) is 4.99. The van der Waals surface area contributed by atoms with Crippen molar-refractivity contribution in [1.29, 1.82) is 0 Å². The molecule has 2 atom stereocenters. The first kappa shape index (κ1) is 13.3. The maximum Gasteiger partial charge on any atom is 0.448 e. The molecule has 0 spiro atoms. The maximum absolute atomic E-state index is 12.8. The van der Waals surface area contributed by atoms with Crippen LogP contribution in [0.15, 0.2) is 23.9 Å². The first-order valence-corrected chi connectivity index (χ1v) is 5.10. The largest absolute Gasteiger partial charge is 0.448 e. The van der Waals surface area contributed by atoms with Crippen LogP contribution in [0.25, 0.3) is 0 Å². The number of allylic oxidation sites excluding steroid dienone is 2. The minimum atomic E-state index is -4.31. The minimum Gasteiger partial charge on any atom is -0.201 e. The molecule has 1 heterocycles. The zero-order valence-electron chi connectivity index (χ0n) is 9.88. The standard InChI is InChI=1S/C11H17F3NO/c1-8(2)9-5-6-10(11(12,13)14)15(3,7-9)16-4/h5-8,10H,1-4H3/q+1. The van der Waals surface area contributed by atoms with Gasteiger partial charge in [0.1, 0.15) is 13.2 Å². The van der Waals surface area contributed by atoms with Gasteiger partial charge in [0.15, 0.2) is 0 Å². The van der Waals surface area contributed by atoms with Crippen LogP contribution in [0.4, 0.5) is 13.2 Å². The second-order valence-corrected chi connectivity index (χ2v) is 4.37. The molecule has 0 amide bonds. The van der Waals surface area contributed by atoms with Gasteiger partial charge < -0.3 is 0 Å². The number of alkyl halides is 3. The van der Waals surface area contributed by atoms with Crippen LogP contribution < -0.4 is 0 Å². The Labute approximate surface area is 93.5 Å². The van der Waals surface area contributed by atoms with Gasteiger partial charge in [-0.05, 0) is 12.0 Å². The molecule has 0 aromatic rings. The number of rotatable bonds is 2. The number of hydrogen-bond donors (Lipinski definition) is 0. The third kappa shape index (κ3) is 2.47. The lowest BCUT2D eigenvalue weighted by molar-refractivity contribution is -1.07. The van der Waals surface area contributed by atoms with Crippen molar-refractivity contribution in [2.75, 3.05) is 14.2 Å². The van der Waals surface area contributed by atoms with Crippen molar-refractivity contribution >= 4 is 0 Å². The Balaban J connectivity index is 3.09. The number of quaternary nitrogens is 1. The predicted molar refractivity (Wildman–Crippen MR) is 55.1 cm³/mol. The van der Waals surface area contributed by atoms with Crippen molar-refractivity contribution < 1.29 is 22.7 Å². The van der Waals surface area contributed by atoms with Crippen LogP contribution in [0.1, 0.15) is 13.8 Å². The van der Waals surface area contributed by atoms with Crippen molar-refractivity contribution in [3.63, 3.8) is 0 Å². The number of halogens is 3. The molecule has 0 aromatic carbocycles. The highest BCUT2D eigenvalue weighted by Gasteiger charge is 2.53. The van der Waals surface area contributed by atoms with E-state index in [1.807, 2.05) is 13.8 Å². The van der Waals surface area contributed by atoms with Gasteiger partial charge in [0.2, 0.25) is 6.04 Å². The Bertz CT molecular complexity index is 320. The van der Waals surface area contributed by atoms with Crippen LogP contribution >= 0.6 is 0 Å². The summed E-state index contributed by atoms with van der Waals surface area (Å²) < 4.78 is 37.7. The zero-order chi connectivity index (χ0) is 12.6. The Kier molecular flexibility index (Phi) is 3.50. The van der Waals surface area contributed by atoms with E-state index in [2.05, 4.69) is 0 Å². The summed E-state index contributed by atoms with van der Waals surface area (Å²) in [6, 6.07) is -1.64. The highest BCUT2D eigenvalue weighted by atomic mass is 19.4. The molecule has 0 aromatic heterocycles. The van der Waals surface area contributed by atoms with E-state index in [9.17, 15) is 13.2 Å². The fourth-order valence-corrected chi connectivity index (χ4v) is 1.70. The van der Waals surface area contributed by atoms with E-state index >= 15 is 0 Å². The maximum atomic E-state index is 12.8. The van der Waals surface area contributed by atoms with E-state index in [0.717, 1.165) is 5.57 Å². The predicted octanol–water partition coefficient (Wildman–Crippen LogP) is 3.04. The van der Waals surface area contributed by atoms with E-state index in [1.165, 1.54) is 32.5 Å². The second kappa shape index (κ2) is 4.22. The molecule has 0 aliphatic carbocycles. The van der Waals surface area contributed by atoms with Gasteiger partial charge >= 0.3 is 6.18 Å². The molecular formula is C11H17F3NO+. The third-order valence-electron chi connectivity index (χ3n) is 2.82. The summed E-state index contributed by atoms with van der Waals surface area (Å²) in [6.07, 6.45) is -0.0935. The van der Waals surface area contributed by atoms with Crippen molar-refractivity contribution in [2.24, 2.45) is 5.92 Å². The average molecular weight is 236 g/mol. The Morgan fingerprint density at radius 3 is 2.31 bits per heavy atom. The lowest BCUT2D eigenvalue weighted by Gasteiger charge is -2.36. The third-order valence-corrected chi connectivity index (χ3v) is 2.82. The van der Waals surface area contributed by atoms with Crippen LogP contribution in [0.2, 0.25) is 0 Å². The monoisotopic (exact) mass is 236 g/mol. The van der Waals surface area contributed by atoms with Crippen molar-refractivity contribution in [3.8, 4) is 0 Å². The van der Waals surface area contributed by atoms with Crippen molar-refractivity contribution in [2.45, 2.75) is 26.1 Å². The lowest BCUT2D eigenvalue weighted by atomic mass is 9.99. The lowest BCUT2D eigenvalue weighted by Crippen LogP contribution is -2.54. The van der Waals surface area contributed by atoms with Crippen molar-refractivity contribution in [3.05, 3.63) is 23.9 Å². The Morgan fingerprint density at radius 1 is 1.38 bits per heavy atom. The van der Waals surface area contributed by atoms with Crippen LogP contribution in [-0.4, -0.2) is 31.0 Å². The molecule has 1 aliphatic heterocycles. The molecule has 1 rings (SSSR count). The normalized spacial score (nSPS) is 30.8. The van der Waals surface area contributed by atoms with Gasteiger partial charge in [0.05, 0.1) is 7.11 Å². The van der Waals surface area contributed by atoms with Crippen LogP contribution in [0, 0.1) is 5.92 Å². The van der Waals surface area contributed by atoms with Gasteiger partial charge in [0.25, 0.3) is 0 Å². The van der Waals surface area contributed by atoms with E-state index in [0.29, 0.717) is 0 Å². The Morgan fingerprint density at radius 2 is 1.94 bits per heavy atom. The SMILES string of the molecule is CO[N+]1(C)C=C(C(C)C)C=CC1C(F)(F)F. The molecule has 92 valence electrons. The number of hydroxylamine groups is 3. The van der Waals surface area contributed by atoms with Gasteiger partial charge in [0, 0.05) is 5.57 Å². The Hall–Kier alpha value is -0.810. The highest BCUT2D eigenvalue weighted by Crippen LogP contribution is 2.35. The minimum absolute atomic E-state index is 0.179. The molecule has 5 heteroatoms. The second-order valence-electron chi connectivity index (χ2n) is 4.37. The van der Waals surface area contributed by atoms with Crippen LogP contribution in [0.3, 0.4) is 0 Å². The molecule has 1 aliphatic rings. The first-order valence-electron chi connectivity index (χ1n) is 5.10. The average Bonchev–Trinajstić information content (AvgIpc) is 2.15. The first-order chi connectivity index (χ1) is 7.20. The summed E-state index contributed by atoms with van der Waals surface area (Å²) in [5.41, 5.74) is 0.852. The molecule has 2 nitrogen and oxygen atoms in total. The topological polar surface area (TPSA) is 9.23 Å². The summed E-state index contributed by atoms with van der Waals surface area (Å²) in [5.74, 6) is 0.179. The molecule has 0 bridgehead atoms. The number of hydrogen-bond acceptors (Lipinski definition) is 1. The van der Waals surface area contributed by atoms with E-state index in [-0.39, 0.29) is 5.92 Å². The molecular weight excluding hydrogens is 219 g/mol. The summed E-state index contributed by atoms with van der Waals surface area (Å²) >= 11 is 0. The number of likely N-dealkylation sites (N-methyl/N-ethyl adjacent to an activating group) is 1. The summed E-state index contributed by atoms with van der Waals surface area (Å²) in [6.45, 7) is 3.87. The highest BCUT2D eigenvalue weighted by molar-refractivity contribution is 5.23. The summed E-state index contributed by atoms with van der Waals surface area (Å²) in [7, 11) is 2.69. The molecule has 0 fully saturated rings. The van der Waals surface area contributed by atoms with E-state index in [1.54, 1.807) is 0 Å². The fraction of sp³-hybridized carbons (Fsp3) is 0.636. The molecule has 0 saturated carbocycles. The van der Waals surface area contributed by atoms with Gasteiger partial charge in [-0.1, -0.05) is 19.9 Å². The fourth-order valence-electron chi connectivity index (χ4n) is 1.70. The van der Waals surface area contributed by atoms with Gasteiger partial charge in [-0.3, -0.25) is 0 Å².